The third kappa shape index (κ3) is 3.59. The van der Waals surface area contributed by atoms with E-state index in [0.717, 1.165) is 50.5 Å². The second-order valence-electron chi connectivity index (χ2n) is 6.94. The van der Waals surface area contributed by atoms with Gasteiger partial charge in [-0.1, -0.05) is 0 Å². The fraction of sp³-hybridized carbons (Fsp3) is 0.867. The predicted molar refractivity (Wildman–Crippen MR) is 88.8 cm³/mol. The van der Waals surface area contributed by atoms with E-state index in [9.17, 15) is 8.42 Å². The molecule has 0 amide bonds. The summed E-state index contributed by atoms with van der Waals surface area (Å²) in [6, 6.07) is 0.550. The lowest BCUT2D eigenvalue weighted by molar-refractivity contribution is 0.225. The van der Waals surface area contributed by atoms with E-state index in [2.05, 4.69) is 33.5 Å². The normalized spacial score (nSPS) is 22.3. The Labute approximate surface area is 138 Å². The van der Waals surface area contributed by atoms with Gasteiger partial charge in [0.25, 0.3) is 0 Å². The zero-order valence-electron chi connectivity index (χ0n) is 14.3. The van der Waals surface area contributed by atoms with E-state index >= 15 is 0 Å². The first-order valence-corrected chi connectivity index (χ1v) is 10.3. The molecule has 1 aromatic heterocycles. The minimum atomic E-state index is -3.07. The first-order valence-electron chi connectivity index (χ1n) is 8.47. The second kappa shape index (κ2) is 6.49. The van der Waals surface area contributed by atoms with Crippen LogP contribution in [0.5, 0.6) is 0 Å². The van der Waals surface area contributed by atoms with E-state index in [1.807, 2.05) is 0 Å². The molecule has 7 nitrogen and oxygen atoms in total. The van der Waals surface area contributed by atoms with Gasteiger partial charge in [0, 0.05) is 51.1 Å². The molecule has 0 bridgehead atoms. The molecule has 0 saturated carbocycles. The van der Waals surface area contributed by atoms with Gasteiger partial charge in [0.05, 0.1) is 6.26 Å². The number of hydrogen-bond donors (Lipinski definition) is 0. The molecular formula is C15H27N5O2S. The van der Waals surface area contributed by atoms with Gasteiger partial charge in [-0.2, -0.15) is 0 Å². The maximum Gasteiger partial charge on any atom is 0.211 e. The maximum atomic E-state index is 11.6. The number of rotatable bonds is 3. The van der Waals surface area contributed by atoms with Gasteiger partial charge in [-0.3, -0.25) is 4.90 Å². The number of sulfonamides is 1. The van der Waals surface area contributed by atoms with Crippen LogP contribution in [0, 0.1) is 0 Å². The summed E-state index contributed by atoms with van der Waals surface area (Å²) in [5.41, 5.74) is 0. The Bertz CT molecular complexity index is 647. The van der Waals surface area contributed by atoms with E-state index in [0.29, 0.717) is 25.0 Å². The molecule has 0 aromatic carbocycles. The van der Waals surface area contributed by atoms with E-state index in [4.69, 9.17) is 0 Å². The van der Waals surface area contributed by atoms with E-state index in [1.165, 1.54) is 6.26 Å². The van der Waals surface area contributed by atoms with Crippen molar-refractivity contribution in [3.05, 3.63) is 11.6 Å². The van der Waals surface area contributed by atoms with Crippen molar-refractivity contribution >= 4 is 10.0 Å². The number of fused-ring (bicyclic) bond motifs is 1. The summed E-state index contributed by atoms with van der Waals surface area (Å²) in [4.78, 5) is 2.48. The third-order valence-electron chi connectivity index (χ3n) is 5.11. The molecule has 2 aliphatic heterocycles. The molecular weight excluding hydrogens is 314 g/mol. The van der Waals surface area contributed by atoms with Crippen LogP contribution in [-0.4, -0.2) is 70.9 Å². The van der Waals surface area contributed by atoms with Gasteiger partial charge in [-0.25, -0.2) is 12.7 Å². The fourth-order valence-electron chi connectivity index (χ4n) is 3.63. The topological polar surface area (TPSA) is 71.3 Å². The van der Waals surface area contributed by atoms with Crippen molar-refractivity contribution < 1.29 is 8.42 Å². The van der Waals surface area contributed by atoms with Crippen LogP contribution in [0.2, 0.25) is 0 Å². The van der Waals surface area contributed by atoms with Crippen molar-refractivity contribution in [3.63, 3.8) is 0 Å². The van der Waals surface area contributed by atoms with E-state index < -0.39 is 10.0 Å². The lowest BCUT2D eigenvalue weighted by Gasteiger charge is -2.30. The van der Waals surface area contributed by atoms with Crippen LogP contribution < -0.4 is 0 Å². The standard InChI is InChI=1S/C15H27N5O2S/c1-12(2)18-7-6-14-16-17-15(20(14)11-10-18)13-4-8-19(9-5-13)23(3,21)22/h12-13H,4-11H2,1-3H3. The molecule has 0 radical (unpaired) electrons. The first-order chi connectivity index (χ1) is 10.9. The summed E-state index contributed by atoms with van der Waals surface area (Å²) in [7, 11) is -3.07. The molecule has 130 valence electrons. The van der Waals surface area contributed by atoms with Gasteiger partial charge >= 0.3 is 0 Å². The second-order valence-corrected chi connectivity index (χ2v) is 8.92. The smallest absolute Gasteiger partial charge is 0.211 e. The van der Waals surface area contributed by atoms with Gasteiger partial charge in [-0.15, -0.1) is 10.2 Å². The Kier molecular flexibility index (Phi) is 4.75. The molecule has 0 unspecified atom stereocenters. The maximum absolute atomic E-state index is 11.6. The molecule has 3 rings (SSSR count). The van der Waals surface area contributed by atoms with Crippen molar-refractivity contribution in [2.24, 2.45) is 0 Å². The molecule has 0 spiro atoms. The lowest BCUT2D eigenvalue weighted by Crippen LogP contribution is -2.37. The van der Waals surface area contributed by atoms with Crippen LogP contribution in [0.15, 0.2) is 0 Å². The van der Waals surface area contributed by atoms with Crippen molar-refractivity contribution in [2.45, 2.75) is 51.6 Å². The van der Waals surface area contributed by atoms with Crippen molar-refractivity contribution in [1.82, 2.24) is 24.0 Å². The lowest BCUT2D eigenvalue weighted by atomic mass is 9.97. The zero-order valence-corrected chi connectivity index (χ0v) is 15.1. The van der Waals surface area contributed by atoms with Crippen LogP contribution in [0.3, 0.4) is 0 Å². The highest BCUT2D eigenvalue weighted by molar-refractivity contribution is 7.88. The number of nitrogens with zero attached hydrogens (tertiary/aromatic N) is 5. The van der Waals surface area contributed by atoms with E-state index in [-0.39, 0.29) is 0 Å². The summed E-state index contributed by atoms with van der Waals surface area (Å²) in [6.45, 7) is 8.62. The Balaban J connectivity index is 1.71. The summed E-state index contributed by atoms with van der Waals surface area (Å²) in [6.07, 6.45) is 3.89. The molecule has 0 aliphatic carbocycles. The van der Waals surface area contributed by atoms with Crippen LogP contribution >= 0.6 is 0 Å². The highest BCUT2D eigenvalue weighted by Gasteiger charge is 2.30. The Morgan fingerprint density at radius 2 is 1.74 bits per heavy atom. The highest BCUT2D eigenvalue weighted by atomic mass is 32.2. The van der Waals surface area contributed by atoms with Gasteiger partial charge in [0.15, 0.2) is 0 Å². The minimum Gasteiger partial charge on any atom is -0.313 e. The highest BCUT2D eigenvalue weighted by Crippen LogP contribution is 2.29. The van der Waals surface area contributed by atoms with Crippen molar-refractivity contribution in [2.75, 3.05) is 32.4 Å². The van der Waals surface area contributed by atoms with E-state index in [1.54, 1.807) is 4.31 Å². The molecule has 0 atom stereocenters. The molecule has 0 N–H and O–H groups in total. The molecule has 1 aromatic rings. The molecule has 23 heavy (non-hydrogen) atoms. The molecule has 1 saturated heterocycles. The summed E-state index contributed by atoms with van der Waals surface area (Å²) in [5, 5.41) is 8.85. The Hall–Kier alpha value is -0.990. The number of aromatic nitrogens is 3. The molecule has 8 heteroatoms. The Morgan fingerprint density at radius 3 is 2.35 bits per heavy atom. The largest absolute Gasteiger partial charge is 0.313 e. The zero-order chi connectivity index (χ0) is 16.6. The van der Waals surface area contributed by atoms with Gasteiger partial charge in [0.1, 0.15) is 11.6 Å². The van der Waals surface area contributed by atoms with Crippen LogP contribution in [0.4, 0.5) is 0 Å². The molecule has 2 aliphatic rings. The molecule has 1 fully saturated rings. The predicted octanol–water partition coefficient (Wildman–Crippen LogP) is 0.684. The van der Waals surface area contributed by atoms with Crippen molar-refractivity contribution in [3.8, 4) is 0 Å². The van der Waals surface area contributed by atoms with Crippen LogP contribution in [0.1, 0.15) is 44.3 Å². The van der Waals surface area contributed by atoms with Gasteiger partial charge in [-0.05, 0) is 26.7 Å². The van der Waals surface area contributed by atoms with Crippen LogP contribution in [0.25, 0.3) is 0 Å². The minimum absolute atomic E-state index is 0.319. The number of piperidine rings is 1. The van der Waals surface area contributed by atoms with Gasteiger partial charge in [0.2, 0.25) is 10.0 Å². The van der Waals surface area contributed by atoms with Crippen LogP contribution in [-0.2, 0) is 23.0 Å². The summed E-state index contributed by atoms with van der Waals surface area (Å²) >= 11 is 0. The summed E-state index contributed by atoms with van der Waals surface area (Å²) in [5.74, 6) is 2.45. The quantitative estimate of drug-likeness (QED) is 0.809. The first kappa shape index (κ1) is 16.9. The average molecular weight is 341 g/mol. The monoisotopic (exact) mass is 341 g/mol. The fourth-order valence-corrected chi connectivity index (χ4v) is 4.50. The third-order valence-corrected chi connectivity index (χ3v) is 6.41. The van der Waals surface area contributed by atoms with Gasteiger partial charge < -0.3 is 4.57 Å². The van der Waals surface area contributed by atoms with Crippen molar-refractivity contribution in [1.29, 1.82) is 0 Å². The molecule has 3 heterocycles. The number of hydrogen-bond acceptors (Lipinski definition) is 5. The Morgan fingerprint density at radius 1 is 1.04 bits per heavy atom. The SMILES string of the molecule is CC(C)N1CCc2nnc(C3CCN(S(C)(=O)=O)CC3)n2CC1. The average Bonchev–Trinajstić information content (AvgIpc) is 2.77. The summed E-state index contributed by atoms with van der Waals surface area (Å²) < 4.78 is 27.1.